The van der Waals surface area contributed by atoms with Crippen LogP contribution in [0.3, 0.4) is 0 Å². The van der Waals surface area contributed by atoms with Crippen molar-refractivity contribution in [2.45, 2.75) is 6.54 Å². The van der Waals surface area contributed by atoms with Crippen LogP contribution in [-0.2, 0) is 6.54 Å². The zero-order valence-electron chi connectivity index (χ0n) is 29.4. The first-order chi connectivity index (χ1) is 29.0. The molecule has 326 valence electrons. The van der Waals surface area contributed by atoms with Crippen LogP contribution in [0.15, 0.2) is 48.9 Å². The van der Waals surface area contributed by atoms with Gasteiger partial charge in [-0.05, 0) is 0 Å². The average Bonchev–Trinajstić information content (AvgIpc) is 3.26. The molecule has 0 unspecified atom stereocenters. The molecular weight excluding hydrogens is 911 g/mol. The second kappa shape index (κ2) is 17.7. The minimum absolute atomic E-state index is 0.0595. The molecule has 5 aromatic carbocycles. The fraction of sp³-hybridized carbons (Fsp3) is 0.0541. The maximum atomic E-state index is 15.4. The molecule has 0 atom stereocenters. The molecule has 0 bridgehead atoms. The van der Waals surface area contributed by atoms with Gasteiger partial charge >= 0.3 is 0 Å². The van der Waals surface area contributed by atoms with Crippen molar-refractivity contribution in [3.05, 3.63) is 177 Å². The van der Waals surface area contributed by atoms with E-state index in [0.29, 0.717) is 5.69 Å². The maximum Gasteiger partial charge on any atom is 0.200 e. The third kappa shape index (κ3) is 7.48. The minimum atomic E-state index is -7.22. The minimum Gasteiger partial charge on any atom is -0.291 e. The summed E-state index contributed by atoms with van der Waals surface area (Å²) in [4.78, 5) is 15.5. The number of benzene rings is 5. The third-order valence-electron chi connectivity index (χ3n) is 9.10. The summed E-state index contributed by atoms with van der Waals surface area (Å²) in [5.41, 5.74) is -12.7. The summed E-state index contributed by atoms with van der Waals surface area (Å²) in [7, 11) is 0. The lowest BCUT2D eigenvalue weighted by molar-refractivity contribution is -0.689. The van der Waals surface area contributed by atoms with Gasteiger partial charge in [0.2, 0.25) is 0 Å². The van der Waals surface area contributed by atoms with Gasteiger partial charge in [0.15, 0.2) is 100 Å². The predicted molar refractivity (Wildman–Crippen MR) is 177 cm³/mol. The van der Waals surface area contributed by atoms with E-state index in [0.717, 1.165) is 6.54 Å². The summed E-state index contributed by atoms with van der Waals surface area (Å²) in [6.45, 7) is 0.732. The Morgan fingerprint density at radius 1 is 0.452 bits per heavy atom. The zero-order chi connectivity index (χ0) is 46.4. The molecule has 6 rings (SSSR count). The molecular formula is C37H13BF20N2OS. The van der Waals surface area contributed by atoms with E-state index in [1.807, 2.05) is 41.1 Å². The van der Waals surface area contributed by atoms with Gasteiger partial charge in [0, 0.05) is 5.56 Å². The van der Waals surface area contributed by atoms with Crippen molar-refractivity contribution in [3.63, 3.8) is 0 Å². The Morgan fingerprint density at radius 3 is 1.00 bits per heavy atom. The molecule has 0 spiro atoms. The number of halogens is 20. The van der Waals surface area contributed by atoms with Crippen molar-refractivity contribution < 1.29 is 97.2 Å². The topological polar surface area (TPSA) is 33.8 Å². The molecule has 0 aliphatic carbocycles. The highest BCUT2D eigenvalue weighted by Gasteiger charge is 2.52. The smallest absolute Gasteiger partial charge is 0.200 e. The van der Waals surface area contributed by atoms with Crippen LogP contribution in [0.4, 0.5) is 87.8 Å². The van der Waals surface area contributed by atoms with Crippen LogP contribution >= 0.6 is 12.6 Å². The summed E-state index contributed by atoms with van der Waals surface area (Å²) < 4.78 is 296. The fourth-order valence-electron chi connectivity index (χ4n) is 6.42. The molecule has 0 saturated heterocycles. The molecule has 6 aromatic rings. The molecule has 0 radical (unpaired) electrons. The summed E-state index contributed by atoms with van der Waals surface area (Å²) in [6.07, 6.45) is -1.97. The second-order valence-electron chi connectivity index (χ2n) is 12.5. The van der Waals surface area contributed by atoms with Crippen LogP contribution in [0.5, 0.6) is 0 Å². The molecule has 0 N–H and O–H groups in total. The molecule has 1 aromatic heterocycles. The normalized spacial score (nSPS) is 11.5. The van der Waals surface area contributed by atoms with Crippen molar-refractivity contribution >= 4 is 46.4 Å². The molecule has 62 heavy (non-hydrogen) atoms. The zero-order valence-corrected chi connectivity index (χ0v) is 30.3. The molecule has 0 aliphatic rings. The van der Waals surface area contributed by atoms with Crippen LogP contribution in [0, 0.1) is 116 Å². The lowest BCUT2D eigenvalue weighted by Gasteiger charge is -2.44. The first kappa shape index (κ1) is 46.9. The van der Waals surface area contributed by atoms with E-state index in [1.165, 1.54) is 5.56 Å². The van der Waals surface area contributed by atoms with Crippen molar-refractivity contribution in [3.8, 4) is 0 Å². The number of thiol groups is 1. The first-order valence-electron chi connectivity index (χ1n) is 16.3. The Bertz CT molecular complexity index is 2410. The van der Waals surface area contributed by atoms with Gasteiger partial charge in [-0.3, -0.25) is 4.79 Å². The van der Waals surface area contributed by atoms with Gasteiger partial charge in [-0.1, -0.05) is 30.3 Å². The highest BCUT2D eigenvalue weighted by molar-refractivity contribution is 7.81. The Balaban J connectivity index is 0.000000355. The third-order valence-corrected chi connectivity index (χ3v) is 9.39. The molecule has 0 saturated carbocycles. The fourth-order valence-corrected chi connectivity index (χ4v) is 6.59. The number of hydrogen-bond acceptors (Lipinski definition) is 3. The maximum absolute atomic E-state index is 15.4. The number of aromatic nitrogens is 2. The van der Waals surface area contributed by atoms with Crippen molar-refractivity contribution in [2.75, 3.05) is 5.75 Å². The number of carbonyl (C=O) groups is 1. The van der Waals surface area contributed by atoms with Crippen LogP contribution in [0.25, 0.3) is 0 Å². The number of hydrogen-bond donors (Lipinski definition) is 1. The summed E-state index contributed by atoms with van der Waals surface area (Å²) in [5, 5.41) is 0. The highest BCUT2D eigenvalue weighted by atomic mass is 32.1. The molecule has 0 fully saturated rings. The van der Waals surface area contributed by atoms with Gasteiger partial charge in [-0.25, -0.2) is 92.8 Å². The average molecular weight is 924 g/mol. The quantitative estimate of drug-likeness (QED) is 0.0330. The van der Waals surface area contributed by atoms with Gasteiger partial charge in [0.05, 0.1) is 11.9 Å². The molecule has 0 aliphatic heterocycles. The predicted octanol–water partition coefficient (Wildman–Crippen LogP) is 7.38. The van der Waals surface area contributed by atoms with Crippen molar-refractivity contribution in [1.82, 2.24) is 4.98 Å². The van der Waals surface area contributed by atoms with E-state index < -0.39 is 144 Å². The van der Waals surface area contributed by atoms with E-state index in [4.69, 9.17) is 0 Å². The summed E-state index contributed by atoms with van der Waals surface area (Å²) in [5.74, 6) is -71.3. The van der Waals surface area contributed by atoms with Crippen molar-refractivity contribution in [1.29, 1.82) is 0 Å². The van der Waals surface area contributed by atoms with Crippen LogP contribution < -0.4 is 26.4 Å². The van der Waals surface area contributed by atoms with E-state index >= 15 is 35.1 Å². The van der Waals surface area contributed by atoms with E-state index in [2.05, 4.69) is 17.6 Å². The molecule has 25 heteroatoms. The van der Waals surface area contributed by atoms with Gasteiger partial charge in [-0.2, -0.15) is 17.2 Å². The van der Waals surface area contributed by atoms with E-state index in [-0.39, 0.29) is 11.5 Å². The van der Waals surface area contributed by atoms with Gasteiger partial charge in [0.25, 0.3) is 0 Å². The second-order valence-corrected chi connectivity index (χ2v) is 12.8. The van der Waals surface area contributed by atoms with Gasteiger partial charge in [-0.15, -0.1) is 21.9 Å². The van der Waals surface area contributed by atoms with Gasteiger partial charge in [0.1, 0.15) is 52.7 Å². The number of Topliss-reactive ketones (excluding diaryl/α,β-unsaturated/α-hetero) is 1. The Hall–Kier alpha value is -6.14. The lowest BCUT2D eigenvalue weighted by Crippen LogP contribution is -2.81. The Labute approximate surface area is 337 Å². The van der Waals surface area contributed by atoms with Crippen LogP contribution in [0.2, 0.25) is 0 Å². The number of rotatable bonds is 8. The van der Waals surface area contributed by atoms with E-state index in [9.17, 15) is 57.5 Å². The van der Waals surface area contributed by atoms with Crippen LogP contribution in [0.1, 0.15) is 16.1 Å². The SMILES string of the molecule is Fc1c(F)c(F)c([B-](c2c(F)c(F)c(F)c(F)c2F)(c2c(F)c(F)c(F)c(F)c2F)c2c(F)c(F)c(F)c(F)c2F)c(F)c1F.O=C(CS)c1c[n+](Cc2ccccc2)ccn1. The van der Waals surface area contributed by atoms with Gasteiger partial charge < -0.3 is 0 Å². The Morgan fingerprint density at radius 2 is 0.726 bits per heavy atom. The van der Waals surface area contributed by atoms with Crippen LogP contribution in [-0.4, -0.2) is 22.7 Å². The Kier molecular flexibility index (Phi) is 13.4. The lowest BCUT2D eigenvalue weighted by atomic mass is 9.12. The molecule has 3 nitrogen and oxygen atoms in total. The standard InChI is InChI=1S/C24BF20.C13H12N2OS/c26-5-1(6(27)14(35)21(42)13(5)34)25(2-7(28)15(36)22(43)16(37)8(2)29,3-9(30)17(38)23(44)18(39)10(3)31)4-11(32)19(40)24(45)20(41)12(4)33;16-13(10-17)12-9-15(7-6-14-12)8-11-4-2-1-3-5-11/h;1-7,9H,8,10H2/q-1;/p+1. The first-order valence-corrected chi connectivity index (χ1v) is 16.9. The number of nitrogens with zero attached hydrogens (tertiary/aromatic N) is 2. The molecule has 1 heterocycles. The number of ketones is 1. The number of carbonyl (C=O) groups excluding carboxylic acids is 1. The highest BCUT2D eigenvalue weighted by Crippen LogP contribution is 2.30. The van der Waals surface area contributed by atoms with Crippen molar-refractivity contribution in [2.24, 2.45) is 0 Å². The summed E-state index contributed by atoms with van der Waals surface area (Å²) in [6, 6.07) is 10.1. The van der Waals surface area contributed by atoms with E-state index in [1.54, 1.807) is 12.4 Å². The molecule has 0 amide bonds. The largest absolute Gasteiger partial charge is 0.291 e. The monoisotopic (exact) mass is 924 g/mol. The summed E-state index contributed by atoms with van der Waals surface area (Å²) >= 11 is 3.96.